The third-order valence-corrected chi connectivity index (χ3v) is 1.48. The van der Waals surface area contributed by atoms with E-state index in [1.165, 1.54) is 0 Å². The van der Waals surface area contributed by atoms with E-state index in [0.717, 1.165) is 0 Å². The van der Waals surface area contributed by atoms with E-state index < -0.39 is 0 Å². The van der Waals surface area contributed by atoms with E-state index >= 15 is 0 Å². The first kappa shape index (κ1) is 8.04. The first-order valence-corrected chi connectivity index (χ1v) is 3.56. The molecule has 0 saturated carbocycles. The minimum atomic E-state index is -0.373. The lowest BCUT2D eigenvalue weighted by Gasteiger charge is -2.03. The average Bonchev–Trinajstić information content (AvgIpc) is 2.36. The molecule has 1 saturated heterocycles. The van der Waals surface area contributed by atoms with Gasteiger partial charge in [0.2, 0.25) is 0 Å². The maximum absolute atomic E-state index is 10.9. The second-order valence-electron chi connectivity index (χ2n) is 2.34. The summed E-state index contributed by atoms with van der Waals surface area (Å²) in [6.45, 7) is 2.26. The van der Waals surface area contributed by atoms with Crippen LogP contribution < -0.4 is 0 Å². The van der Waals surface area contributed by atoms with E-state index in [4.69, 9.17) is 4.74 Å². The summed E-state index contributed by atoms with van der Waals surface area (Å²) < 4.78 is 9.30. The Balaban J connectivity index is 2.37. The second kappa shape index (κ2) is 3.37. The highest BCUT2D eigenvalue weighted by Gasteiger charge is 2.30. The minimum Gasteiger partial charge on any atom is -0.466 e. The largest absolute Gasteiger partial charge is 0.466 e. The summed E-state index contributed by atoms with van der Waals surface area (Å²) >= 11 is 0. The van der Waals surface area contributed by atoms with Crippen molar-refractivity contribution in [2.75, 3.05) is 13.2 Å². The van der Waals surface area contributed by atoms with Crippen LogP contribution in [0, 0.1) is 5.92 Å². The van der Waals surface area contributed by atoms with Crippen molar-refractivity contribution in [1.29, 1.82) is 0 Å². The third kappa shape index (κ3) is 1.93. The molecule has 1 aliphatic heterocycles. The zero-order chi connectivity index (χ0) is 8.27. The van der Waals surface area contributed by atoms with Gasteiger partial charge in [-0.15, -0.1) is 0 Å². The number of rotatable bonds is 2. The third-order valence-electron chi connectivity index (χ3n) is 1.48. The predicted molar refractivity (Wildman–Crippen MR) is 35.7 cm³/mol. The fraction of sp³-hybridized carbons (Fsp3) is 0.714. The van der Waals surface area contributed by atoms with Crippen LogP contribution >= 0.6 is 0 Å². The lowest BCUT2D eigenvalue weighted by molar-refractivity contribution is -0.147. The monoisotopic (exact) mass is 158 g/mol. The Labute approximate surface area is 64.5 Å². The Morgan fingerprint density at radius 2 is 2.55 bits per heavy atom. The molecular formula is C7H10O4. The van der Waals surface area contributed by atoms with Crippen molar-refractivity contribution in [2.24, 2.45) is 5.92 Å². The lowest BCUT2D eigenvalue weighted by atomic mass is 10.1. The number of hydrogen-bond acceptors (Lipinski definition) is 4. The van der Waals surface area contributed by atoms with Gasteiger partial charge in [0.15, 0.2) is 0 Å². The van der Waals surface area contributed by atoms with Gasteiger partial charge in [-0.3, -0.25) is 9.59 Å². The first-order valence-electron chi connectivity index (χ1n) is 3.56. The molecule has 4 nitrogen and oxygen atoms in total. The number of hydrogen-bond donors (Lipinski definition) is 0. The standard InChI is InChI=1S/C7H10O4/c1-2-10-7(9)5-3-6(8)11-4-5/h5H,2-4H2,1H3/t5-/m0/s1. The van der Waals surface area contributed by atoms with Crippen LogP contribution in [0.5, 0.6) is 0 Å². The minimum absolute atomic E-state index is 0.166. The topological polar surface area (TPSA) is 52.6 Å². The quantitative estimate of drug-likeness (QED) is 0.535. The summed E-state index contributed by atoms with van der Waals surface area (Å²) in [5.74, 6) is -1.02. The second-order valence-corrected chi connectivity index (χ2v) is 2.34. The Hall–Kier alpha value is -1.06. The van der Waals surface area contributed by atoms with E-state index in [-0.39, 0.29) is 30.9 Å². The summed E-state index contributed by atoms with van der Waals surface area (Å²) in [5.41, 5.74) is 0. The van der Waals surface area contributed by atoms with Gasteiger partial charge in [-0.1, -0.05) is 0 Å². The van der Waals surface area contributed by atoms with Gasteiger partial charge < -0.3 is 9.47 Å². The lowest BCUT2D eigenvalue weighted by Crippen LogP contribution is -2.17. The van der Waals surface area contributed by atoms with Gasteiger partial charge in [0, 0.05) is 0 Å². The molecule has 11 heavy (non-hydrogen) atoms. The highest BCUT2D eigenvalue weighted by atomic mass is 16.6. The van der Waals surface area contributed by atoms with E-state index in [1.807, 2.05) is 0 Å². The van der Waals surface area contributed by atoms with Crippen LogP contribution in [0.15, 0.2) is 0 Å². The number of ether oxygens (including phenoxy) is 2. The van der Waals surface area contributed by atoms with Crippen LogP contribution in [0.1, 0.15) is 13.3 Å². The van der Waals surface area contributed by atoms with Crippen molar-refractivity contribution < 1.29 is 19.1 Å². The molecule has 0 aromatic rings. The maximum atomic E-state index is 10.9. The van der Waals surface area contributed by atoms with Gasteiger partial charge in [0.05, 0.1) is 13.0 Å². The molecule has 0 spiro atoms. The molecule has 0 aromatic heterocycles. The Morgan fingerprint density at radius 1 is 1.82 bits per heavy atom. The van der Waals surface area contributed by atoms with Gasteiger partial charge >= 0.3 is 11.9 Å². The maximum Gasteiger partial charge on any atom is 0.312 e. The first-order chi connectivity index (χ1) is 5.24. The Morgan fingerprint density at radius 3 is 3.00 bits per heavy atom. The number of cyclic esters (lactones) is 1. The van der Waals surface area contributed by atoms with Gasteiger partial charge in [-0.2, -0.15) is 0 Å². The highest BCUT2D eigenvalue weighted by molar-refractivity contribution is 5.82. The van der Waals surface area contributed by atoms with Gasteiger partial charge in [0.25, 0.3) is 0 Å². The molecule has 0 radical (unpaired) electrons. The molecule has 0 unspecified atom stereocenters. The molecule has 0 N–H and O–H groups in total. The average molecular weight is 158 g/mol. The van der Waals surface area contributed by atoms with Gasteiger partial charge in [0.1, 0.15) is 12.5 Å². The summed E-state index contributed by atoms with van der Waals surface area (Å²) in [7, 11) is 0. The molecule has 4 heteroatoms. The van der Waals surface area contributed by atoms with Crippen molar-refractivity contribution in [3.05, 3.63) is 0 Å². The zero-order valence-electron chi connectivity index (χ0n) is 6.33. The summed E-state index contributed by atoms with van der Waals surface area (Å²) in [4.78, 5) is 21.5. The van der Waals surface area contributed by atoms with Crippen molar-refractivity contribution in [1.82, 2.24) is 0 Å². The number of esters is 2. The fourth-order valence-corrected chi connectivity index (χ4v) is 0.924. The molecule has 0 aromatic carbocycles. The van der Waals surface area contributed by atoms with Gasteiger partial charge in [-0.05, 0) is 6.92 Å². The molecule has 1 fully saturated rings. The molecule has 1 atom stereocenters. The van der Waals surface area contributed by atoms with E-state index in [2.05, 4.69) is 4.74 Å². The van der Waals surface area contributed by atoms with Crippen LogP contribution in [-0.2, 0) is 19.1 Å². The predicted octanol–water partition coefficient (Wildman–Crippen LogP) is 0.113. The van der Waals surface area contributed by atoms with Crippen LogP contribution in [0.3, 0.4) is 0 Å². The van der Waals surface area contributed by atoms with Crippen molar-refractivity contribution in [2.45, 2.75) is 13.3 Å². The highest BCUT2D eigenvalue weighted by Crippen LogP contribution is 2.14. The number of carbonyl (C=O) groups is 2. The van der Waals surface area contributed by atoms with Gasteiger partial charge in [-0.25, -0.2) is 0 Å². The number of carbonyl (C=O) groups excluding carboxylic acids is 2. The Bertz CT molecular complexity index is 175. The summed E-state index contributed by atoms with van der Waals surface area (Å²) in [5, 5.41) is 0. The molecule has 0 aliphatic carbocycles. The molecule has 1 aliphatic rings. The van der Waals surface area contributed by atoms with Crippen LogP contribution in [-0.4, -0.2) is 25.2 Å². The van der Waals surface area contributed by atoms with Crippen molar-refractivity contribution in [3.63, 3.8) is 0 Å². The fourth-order valence-electron chi connectivity index (χ4n) is 0.924. The molecule has 0 amide bonds. The van der Waals surface area contributed by atoms with Crippen molar-refractivity contribution in [3.8, 4) is 0 Å². The summed E-state index contributed by atoms with van der Waals surface area (Å²) in [6, 6.07) is 0. The van der Waals surface area contributed by atoms with E-state index in [0.29, 0.717) is 6.61 Å². The van der Waals surface area contributed by atoms with Crippen LogP contribution in [0.2, 0.25) is 0 Å². The molecule has 1 rings (SSSR count). The smallest absolute Gasteiger partial charge is 0.312 e. The Kier molecular flexibility index (Phi) is 2.46. The van der Waals surface area contributed by atoms with Crippen LogP contribution in [0.4, 0.5) is 0 Å². The molecule has 0 bridgehead atoms. The van der Waals surface area contributed by atoms with Crippen LogP contribution in [0.25, 0.3) is 0 Å². The van der Waals surface area contributed by atoms with E-state index in [1.54, 1.807) is 6.92 Å². The zero-order valence-corrected chi connectivity index (χ0v) is 6.33. The molecule has 62 valence electrons. The normalized spacial score (nSPS) is 23.0. The van der Waals surface area contributed by atoms with Crippen molar-refractivity contribution >= 4 is 11.9 Å². The van der Waals surface area contributed by atoms with E-state index in [9.17, 15) is 9.59 Å². The molecular weight excluding hydrogens is 148 g/mol. The SMILES string of the molecule is CCOC(=O)[C@@H]1COC(=O)C1. The molecule has 1 heterocycles. The summed E-state index contributed by atoms with van der Waals surface area (Å²) in [6.07, 6.45) is 0.166.